The van der Waals surface area contributed by atoms with Crippen LogP contribution in [0.15, 0.2) is 37.2 Å². The van der Waals surface area contributed by atoms with Gasteiger partial charge in [-0.25, -0.2) is 9.97 Å². The number of hydrogen-bond donors (Lipinski definition) is 1. The molecule has 2 aromatic heterocycles. The lowest BCUT2D eigenvalue weighted by molar-refractivity contribution is -0.115. The normalized spacial score (nSPS) is 18.1. The van der Waals surface area contributed by atoms with Crippen LogP contribution < -0.4 is 14.8 Å². The van der Waals surface area contributed by atoms with Gasteiger partial charge in [0.05, 0.1) is 41.7 Å². The molecule has 1 N–H and O–H groups in total. The summed E-state index contributed by atoms with van der Waals surface area (Å²) in [5.74, 6) is 1.54. The first kappa shape index (κ1) is 24.2. The minimum absolute atomic E-state index is 0.0368. The van der Waals surface area contributed by atoms with Crippen LogP contribution in [0.1, 0.15) is 6.42 Å². The molecule has 1 saturated heterocycles. The lowest BCUT2D eigenvalue weighted by Crippen LogP contribution is -2.30. The van der Waals surface area contributed by atoms with Gasteiger partial charge in [-0.2, -0.15) is 0 Å². The zero-order valence-corrected chi connectivity index (χ0v) is 20.7. The summed E-state index contributed by atoms with van der Waals surface area (Å²) >= 11 is 13.1. The average molecular weight is 502 g/mol. The van der Waals surface area contributed by atoms with Crippen molar-refractivity contribution in [1.29, 1.82) is 0 Å². The molecule has 1 aromatic carbocycles. The number of nitrogens with zero attached hydrogens (tertiary/aromatic N) is 4. The highest BCUT2D eigenvalue weighted by molar-refractivity contribution is 6.41. The number of likely N-dealkylation sites (N-methyl/N-ethyl adjacent to an activating group) is 1. The number of hydrogen-bond acceptors (Lipinski definition) is 8. The highest BCUT2D eigenvalue weighted by Crippen LogP contribution is 2.45. The molecule has 8 nitrogen and oxygen atoms in total. The van der Waals surface area contributed by atoms with Crippen LogP contribution >= 0.6 is 23.2 Å². The van der Waals surface area contributed by atoms with E-state index in [2.05, 4.69) is 31.7 Å². The molecule has 0 unspecified atom stereocenters. The SMILES string of the molecule is C=CC(=O)C[C@H]1CN(C)C[C@H]1Nc1ncc2cc(-c3c(Cl)c(OC)cc(OC)c3Cl)ncc2n1. The summed E-state index contributed by atoms with van der Waals surface area (Å²) < 4.78 is 10.7. The Morgan fingerprint density at radius 1 is 1.18 bits per heavy atom. The van der Waals surface area contributed by atoms with Gasteiger partial charge in [-0.1, -0.05) is 29.8 Å². The number of fused-ring (bicyclic) bond motifs is 1. The highest BCUT2D eigenvalue weighted by Gasteiger charge is 2.32. The van der Waals surface area contributed by atoms with Crippen molar-refractivity contribution in [3.63, 3.8) is 0 Å². The quantitative estimate of drug-likeness (QED) is 0.451. The van der Waals surface area contributed by atoms with Crippen molar-refractivity contribution < 1.29 is 14.3 Å². The van der Waals surface area contributed by atoms with Gasteiger partial charge in [-0.05, 0) is 19.2 Å². The monoisotopic (exact) mass is 501 g/mol. The first-order valence-electron chi connectivity index (χ1n) is 10.7. The second-order valence-electron chi connectivity index (χ2n) is 8.21. The van der Waals surface area contributed by atoms with E-state index < -0.39 is 0 Å². The summed E-state index contributed by atoms with van der Waals surface area (Å²) in [6.07, 6.45) is 5.18. The van der Waals surface area contributed by atoms with Crippen molar-refractivity contribution in [2.24, 2.45) is 5.92 Å². The van der Waals surface area contributed by atoms with Crippen molar-refractivity contribution in [3.8, 4) is 22.8 Å². The number of halogens is 2. The van der Waals surface area contributed by atoms with Crippen molar-refractivity contribution >= 4 is 45.8 Å². The zero-order chi connectivity index (χ0) is 24.4. The maximum absolute atomic E-state index is 11.9. The highest BCUT2D eigenvalue weighted by atomic mass is 35.5. The van der Waals surface area contributed by atoms with E-state index in [9.17, 15) is 4.79 Å². The smallest absolute Gasteiger partial charge is 0.223 e. The molecule has 0 saturated carbocycles. The third kappa shape index (κ3) is 4.80. The van der Waals surface area contributed by atoms with Gasteiger partial charge < -0.3 is 19.7 Å². The molecule has 3 aromatic rings. The van der Waals surface area contributed by atoms with E-state index in [1.807, 2.05) is 13.1 Å². The molecule has 0 amide bonds. The van der Waals surface area contributed by atoms with E-state index in [1.54, 1.807) is 18.5 Å². The van der Waals surface area contributed by atoms with Crippen LogP contribution in [0.2, 0.25) is 10.0 Å². The minimum atomic E-state index is 0.0368. The van der Waals surface area contributed by atoms with E-state index >= 15 is 0 Å². The number of ether oxygens (including phenoxy) is 2. The van der Waals surface area contributed by atoms with Crippen LogP contribution in [-0.4, -0.2) is 66.0 Å². The molecule has 3 heterocycles. The molecule has 0 aliphatic carbocycles. The molecule has 34 heavy (non-hydrogen) atoms. The van der Waals surface area contributed by atoms with Crippen molar-refractivity contribution in [3.05, 3.63) is 47.2 Å². The summed E-state index contributed by atoms with van der Waals surface area (Å²) in [5.41, 5.74) is 1.71. The number of benzene rings is 1. The average Bonchev–Trinajstić information content (AvgIpc) is 3.17. The first-order valence-corrected chi connectivity index (χ1v) is 11.4. The molecule has 1 fully saturated rings. The maximum atomic E-state index is 11.9. The van der Waals surface area contributed by atoms with Gasteiger partial charge in [0.2, 0.25) is 5.95 Å². The van der Waals surface area contributed by atoms with Gasteiger partial charge >= 0.3 is 0 Å². The Morgan fingerprint density at radius 2 is 1.88 bits per heavy atom. The second kappa shape index (κ2) is 10.1. The number of likely N-dealkylation sites (tertiary alicyclic amines) is 1. The van der Waals surface area contributed by atoms with Crippen LogP contribution in [0.3, 0.4) is 0 Å². The predicted octanol–water partition coefficient (Wildman–Crippen LogP) is 4.50. The lowest BCUT2D eigenvalue weighted by Gasteiger charge is -2.19. The van der Waals surface area contributed by atoms with Gasteiger partial charge in [-0.3, -0.25) is 9.78 Å². The molecule has 10 heteroatoms. The molecular formula is C24H25Cl2N5O3. The Labute approximate surface area is 207 Å². The molecule has 2 atom stereocenters. The molecule has 1 aliphatic rings. The van der Waals surface area contributed by atoms with Gasteiger partial charge in [0.1, 0.15) is 11.5 Å². The first-order chi connectivity index (χ1) is 16.3. The predicted molar refractivity (Wildman–Crippen MR) is 134 cm³/mol. The van der Waals surface area contributed by atoms with Crippen molar-refractivity contribution in [2.45, 2.75) is 12.5 Å². The number of anilines is 1. The maximum Gasteiger partial charge on any atom is 0.223 e. The van der Waals surface area contributed by atoms with E-state index in [1.165, 1.54) is 20.3 Å². The number of ketones is 1. The zero-order valence-electron chi connectivity index (χ0n) is 19.1. The number of carbonyl (C=O) groups excluding carboxylic acids is 1. The van der Waals surface area contributed by atoms with Crippen molar-refractivity contribution in [2.75, 3.05) is 39.7 Å². The molecule has 1 aliphatic heterocycles. The second-order valence-corrected chi connectivity index (χ2v) is 8.97. The fourth-order valence-corrected chi connectivity index (χ4v) is 4.91. The van der Waals surface area contributed by atoms with Gasteiger partial charge in [-0.15, -0.1) is 0 Å². The van der Waals surface area contributed by atoms with Crippen LogP contribution in [0, 0.1) is 5.92 Å². The van der Waals surface area contributed by atoms with Gasteiger partial charge in [0.25, 0.3) is 0 Å². The summed E-state index contributed by atoms with van der Waals surface area (Å²) in [6.45, 7) is 5.19. The minimum Gasteiger partial charge on any atom is -0.495 e. The van der Waals surface area contributed by atoms with E-state index in [-0.39, 0.29) is 17.7 Å². The van der Waals surface area contributed by atoms with Crippen LogP contribution in [0.5, 0.6) is 11.5 Å². The number of nitrogens with one attached hydrogen (secondary N) is 1. The molecule has 178 valence electrons. The number of pyridine rings is 1. The van der Waals surface area contributed by atoms with Crippen LogP contribution in [0.25, 0.3) is 22.2 Å². The standard InChI is InChI=1S/C24H25Cl2N5O3/c1-5-15(32)6-14-11-31(2)12-18(14)30-24-28-9-13-7-16(27-10-17(13)29-24)21-22(25)19(33-3)8-20(34-4)23(21)26/h5,7-10,14,18H,1,6,11-12H2,2-4H3,(H,28,29,30)/t14-,18+/m0/s1. The number of allylic oxidation sites excluding steroid dienone is 1. The Balaban J connectivity index is 1.63. The Bertz CT molecular complexity index is 1220. The van der Waals surface area contributed by atoms with Gasteiger partial charge in [0.15, 0.2) is 5.78 Å². The fraction of sp³-hybridized carbons (Fsp3) is 0.333. The number of aromatic nitrogens is 3. The number of methoxy groups -OCH3 is 2. The van der Waals surface area contributed by atoms with Crippen LogP contribution in [-0.2, 0) is 4.79 Å². The third-order valence-corrected chi connectivity index (χ3v) is 6.68. The topological polar surface area (TPSA) is 89.5 Å². The molecule has 4 rings (SSSR count). The van der Waals surface area contributed by atoms with E-state index in [0.717, 1.165) is 18.5 Å². The third-order valence-electron chi connectivity index (χ3n) is 5.93. The molecule has 0 radical (unpaired) electrons. The van der Waals surface area contributed by atoms with Crippen molar-refractivity contribution in [1.82, 2.24) is 19.9 Å². The largest absolute Gasteiger partial charge is 0.495 e. The number of carbonyl (C=O) groups is 1. The number of rotatable bonds is 8. The summed E-state index contributed by atoms with van der Waals surface area (Å²) in [7, 11) is 5.08. The molecule has 0 spiro atoms. The summed E-state index contributed by atoms with van der Waals surface area (Å²) in [5, 5.41) is 4.83. The summed E-state index contributed by atoms with van der Waals surface area (Å²) in [4.78, 5) is 27.7. The van der Waals surface area contributed by atoms with E-state index in [4.69, 9.17) is 32.7 Å². The van der Waals surface area contributed by atoms with Gasteiger partial charge in [0, 0.05) is 54.7 Å². The summed E-state index contributed by atoms with van der Waals surface area (Å²) in [6, 6.07) is 3.51. The lowest BCUT2D eigenvalue weighted by atomic mass is 9.97. The van der Waals surface area contributed by atoms with Crippen LogP contribution in [0.4, 0.5) is 5.95 Å². The molecular weight excluding hydrogens is 477 g/mol. The Kier molecular flexibility index (Phi) is 7.21. The fourth-order valence-electron chi connectivity index (χ4n) is 4.22. The Morgan fingerprint density at radius 3 is 2.53 bits per heavy atom. The molecule has 0 bridgehead atoms. The Hall–Kier alpha value is -2.94. The van der Waals surface area contributed by atoms with E-state index in [0.29, 0.717) is 50.7 Å².